The van der Waals surface area contributed by atoms with Crippen LogP contribution in [0.2, 0.25) is 0 Å². The highest BCUT2D eigenvalue weighted by molar-refractivity contribution is 5.73. The summed E-state index contributed by atoms with van der Waals surface area (Å²) < 4.78 is 0. The molecule has 1 aliphatic rings. The van der Waals surface area contributed by atoms with Crippen molar-refractivity contribution >= 4 is 6.03 Å². The van der Waals surface area contributed by atoms with E-state index in [-0.39, 0.29) is 12.6 Å². The number of benzene rings is 1. The van der Waals surface area contributed by atoms with E-state index in [1.807, 2.05) is 24.3 Å². The molecule has 122 valence electrons. The maximum Gasteiger partial charge on any atom is 0.315 e. The molecule has 1 aliphatic heterocycles. The summed E-state index contributed by atoms with van der Waals surface area (Å²) in [6.45, 7) is 3.48. The predicted molar refractivity (Wildman–Crippen MR) is 87.4 cm³/mol. The van der Waals surface area contributed by atoms with Gasteiger partial charge in [-0.1, -0.05) is 24.3 Å². The normalized spacial score (nSPS) is 16.5. The average Bonchev–Trinajstić information content (AvgIpc) is 2.55. The van der Waals surface area contributed by atoms with Crippen LogP contribution < -0.4 is 10.6 Å². The first kappa shape index (κ1) is 16.8. The minimum atomic E-state index is -0.138. The fourth-order valence-corrected chi connectivity index (χ4v) is 2.86. The summed E-state index contributed by atoms with van der Waals surface area (Å²) in [4.78, 5) is 14.2. The van der Waals surface area contributed by atoms with E-state index in [0.29, 0.717) is 6.54 Å². The van der Waals surface area contributed by atoms with Crippen LogP contribution in [0.5, 0.6) is 0 Å². The van der Waals surface area contributed by atoms with E-state index in [1.165, 1.54) is 12.8 Å². The third-order valence-electron chi connectivity index (χ3n) is 4.40. The molecule has 5 heteroatoms. The predicted octanol–water partition coefficient (Wildman–Crippen LogP) is 1.71. The molecule has 0 aromatic heterocycles. The lowest BCUT2D eigenvalue weighted by atomic mass is 9.94. The fraction of sp³-hybridized carbons (Fsp3) is 0.588. The fourth-order valence-electron chi connectivity index (χ4n) is 2.86. The van der Waals surface area contributed by atoms with Gasteiger partial charge in [0.25, 0.3) is 0 Å². The van der Waals surface area contributed by atoms with Gasteiger partial charge < -0.3 is 20.6 Å². The number of nitrogens with zero attached hydrogens (tertiary/aromatic N) is 1. The van der Waals surface area contributed by atoms with E-state index in [4.69, 9.17) is 0 Å². The first-order valence-corrected chi connectivity index (χ1v) is 8.07. The van der Waals surface area contributed by atoms with Gasteiger partial charge >= 0.3 is 6.03 Å². The first-order chi connectivity index (χ1) is 10.7. The Hall–Kier alpha value is -1.59. The van der Waals surface area contributed by atoms with Crippen LogP contribution in [-0.2, 0) is 13.2 Å². The largest absolute Gasteiger partial charge is 0.392 e. The lowest BCUT2D eigenvalue weighted by Gasteiger charge is -2.28. The first-order valence-electron chi connectivity index (χ1n) is 8.07. The molecule has 1 aromatic carbocycles. The van der Waals surface area contributed by atoms with Crippen LogP contribution in [0.1, 0.15) is 30.4 Å². The summed E-state index contributed by atoms with van der Waals surface area (Å²) >= 11 is 0. The second-order valence-electron chi connectivity index (χ2n) is 6.07. The van der Waals surface area contributed by atoms with Gasteiger partial charge in [-0.25, -0.2) is 4.79 Å². The van der Waals surface area contributed by atoms with Crippen LogP contribution in [0.25, 0.3) is 0 Å². The Balaban J connectivity index is 1.64. The Morgan fingerprint density at radius 2 is 1.91 bits per heavy atom. The van der Waals surface area contributed by atoms with Gasteiger partial charge in [-0.05, 0) is 56.4 Å². The maximum atomic E-state index is 11.8. The Morgan fingerprint density at radius 3 is 2.59 bits per heavy atom. The van der Waals surface area contributed by atoms with Crippen molar-refractivity contribution in [2.24, 2.45) is 5.92 Å². The summed E-state index contributed by atoms with van der Waals surface area (Å²) in [6.07, 6.45) is 3.50. The van der Waals surface area contributed by atoms with Crippen molar-refractivity contribution in [2.45, 2.75) is 32.4 Å². The van der Waals surface area contributed by atoms with Gasteiger partial charge in [-0.3, -0.25) is 0 Å². The van der Waals surface area contributed by atoms with Crippen molar-refractivity contribution in [3.8, 4) is 0 Å². The smallest absolute Gasteiger partial charge is 0.315 e. The summed E-state index contributed by atoms with van der Waals surface area (Å²) in [5, 5.41) is 15.0. The zero-order valence-electron chi connectivity index (χ0n) is 13.3. The van der Waals surface area contributed by atoms with E-state index in [0.717, 1.165) is 43.1 Å². The number of hydrogen-bond donors (Lipinski definition) is 3. The molecule has 1 aromatic rings. The molecule has 5 nitrogen and oxygen atoms in total. The maximum absolute atomic E-state index is 11.8. The van der Waals surface area contributed by atoms with Crippen molar-refractivity contribution in [1.29, 1.82) is 0 Å². The van der Waals surface area contributed by atoms with Crippen molar-refractivity contribution in [1.82, 2.24) is 15.5 Å². The third-order valence-corrected chi connectivity index (χ3v) is 4.40. The van der Waals surface area contributed by atoms with Gasteiger partial charge in [0.05, 0.1) is 6.61 Å². The minimum absolute atomic E-state index is 0.00437. The minimum Gasteiger partial charge on any atom is -0.392 e. The Morgan fingerprint density at radius 1 is 1.23 bits per heavy atom. The van der Waals surface area contributed by atoms with Crippen LogP contribution in [0, 0.1) is 5.92 Å². The molecule has 0 radical (unpaired) electrons. The second-order valence-corrected chi connectivity index (χ2v) is 6.07. The second kappa shape index (κ2) is 8.76. The molecule has 22 heavy (non-hydrogen) atoms. The average molecular weight is 305 g/mol. The quantitative estimate of drug-likeness (QED) is 0.750. The van der Waals surface area contributed by atoms with E-state index in [1.54, 1.807) is 0 Å². The molecular formula is C17H27N3O2. The summed E-state index contributed by atoms with van der Waals surface area (Å²) in [7, 11) is 2.16. The van der Waals surface area contributed by atoms with Gasteiger partial charge in [0.2, 0.25) is 0 Å². The highest BCUT2D eigenvalue weighted by Crippen LogP contribution is 2.18. The number of aliphatic hydroxyl groups is 1. The lowest BCUT2D eigenvalue weighted by Crippen LogP contribution is -2.37. The summed E-state index contributed by atoms with van der Waals surface area (Å²) in [5.74, 6) is 0.728. The zero-order valence-corrected chi connectivity index (χ0v) is 13.3. The van der Waals surface area contributed by atoms with Gasteiger partial charge in [-0.2, -0.15) is 0 Å². The molecule has 1 fully saturated rings. The lowest BCUT2D eigenvalue weighted by molar-refractivity contribution is 0.209. The summed E-state index contributed by atoms with van der Waals surface area (Å²) in [5.41, 5.74) is 1.81. The van der Waals surface area contributed by atoms with Crippen LogP contribution >= 0.6 is 0 Å². The number of piperidine rings is 1. The summed E-state index contributed by atoms with van der Waals surface area (Å²) in [6, 6.07) is 7.45. The number of carbonyl (C=O) groups is 1. The van der Waals surface area contributed by atoms with Crippen molar-refractivity contribution in [3.05, 3.63) is 35.4 Å². The van der Waals surface area contributed by atoms with Gasteiger partial charge in [0, 0.05) is 13.1 Å². The Labute approximate surface area is 132 Å². The molecule has 2 rings (SSSR count). The number of nitrogens with one attached hydrogen (secondary N) is 2. The van der Waals surface area contributed by atoms with Crippen molar-refractivity contribution < 1.29 is 9.90 Å². The molecule has 0 atom stereocenters. The number of hydrogen-bond acceptors (Lipinski definition) is 3. The van der Waals surface area contributed by atoms with E-state index < -0.39 is 0 Å². The molecule has 3 N–H and O–H groups in total. The standard InChI is InChI=1S/C17H27N3O2/c1-20-10-7-14(8-11-20)6-9-18-17(22)19-12-15-4-2-3-5-16(15)13-21/h2-5,14,21H,6-13H2,1H3,(H2,18,19,22). The monoisotopic (exact) mass is 305 g/mol. The molecular weight excluding hydrogens is 278 g/mol. The van der Waals surface area contributed by atoms with Gasteiger partial charge in [0.1, 0.15) is 0 Å². The molecule has 1 saturated heterocycles. The SMILES string of the molecule is CN1CCC(CCNC(=O)NCc2ccccc2CO)CC1. The van der Waals surface area contributed by atoms with Crippen LogP contribution in [0.15, 0.2) is 24.3 Å². The highest BCUT2D eigenvalue weighted by atomic mass is 16.3. The van der Waals surface area contributed by atoms with E-state index >= 15 is 0 Å². The number of amides is 2. The number of aliphatic hydroxyl groups excluding tert-OH is 1. The number of likely N-dealkylation sites (tertiary alicyclic amines) is 1. The molecule has 0 aliphatic carbocycles. The molecule has 0 unspecified atom stereocenters. The molecule has 2 amide bonds. The molecule has 0 bridgehead atoms. The van der Waals surface area contributed by atoms with Crippen LogP contribution in [-0.4, -0.2) is 42.7 Å². The van der Waals surface area contributed by atoms with Crippen molar-refractivity contribution in [2.75, 3.05) is 26.7 Å². The highest BCUT2D eigenvalue weighted by Gasteiger charge is 2.16. The van der Waals surface area contributed by atoms with Gasteiger partial charge in [-0.15, -0.1) is 0 Å². The topological polar surface area (TPSA) is 64.6 Å². The van der Waals surface area contributed by atoms with Crippen LogP contribution in [0.3, 0.4) is 0 Å². The Kier molecular flexibility index (Phi) is 6.68. The molecule has 0 spiro atoms. The van der Waals surface area contributed by atoms with E-state index in [2.05, 4.69) is 22.6 Å². The third kappa shape index (κ3) is 5.31. The Bertz CT molecular complexity index is 471. The van der Waals surface area contributed by atoms with Crippen LogP contribution in [0.4, 0.5) is 4.79 Å². The van der Waals surface area contributed by atoms with Gasteiger partial charge in [0.15, 0.2) is 0 Å². The van der Waals surface area contributed by atoms with E-state index in [9.17, 15) is 9.90 Å². The zero-order chi connectivity index (χ0) is 15.8. The molecule has 0 saturated carbocycles. The molecule has 1 heterocycles. The van der Waals surface area contributed by atoms with Crippen molar-refractivity contribution in [3.63, 3.8) is 0 Å². The number of rotatable bonds is 6. The number of urea groups is 1. The number of carbonyl (C=O) groups excluding carboxylic acids is 1.